The smallest absolute Gasteiger partial charge is 0.830 e. The summed E-state index contributed by atoms with van der Waals surface area (Å²) in [6, 6.07) is 0. The van der Waals surface area contributed by atoms with Crippen LogP contribution in [0.4, 0.5) is 0 Å². The molecular weight excluding hydrogens is 65.9 g/mol. The molecule has 0 saturated carbocycles. The van der Waals surface area contributed by atoms with Gasteiger partial charge in [0.25, 0.3) is 0 Å². The van der Waals surface area contributed by atoms with Crippen LogP contribution < -0.4 is 24.0 Å². The van der Waals surface area contributed by atoms with Gasteiger partial charge in [-0.15, -0.1) is 8.86 Å². The van der Waals surface area contributed by atoms with E-state index in [4.69, 9.17) is 5.11 Å². The second kappa shape index (κ2) is 9.29. The number of hydrogen-bond acceptors (Lipinski definition) is 1. The van der Waals surface area contributed by atoms with E-state index in [9.17, 15) is 0 Å². The Morgan fingerprint density at radius 3 is 1.75 bits per heavy atom. The largest absolute Gasteiger partial charge is 1.00 e. The molecule has 0 aromatic heterocycles. The molecule has 0 radical (unpaired) electrons. The van der Waals surface area contributed by atoms with Crippen LogP contribution in [0.5, 0.6) is 0 Å². The molecule has 0 bridgehead atoms. The predicted molar refractivity (Wildman–Crippen MR) is 14.4 cm³/mol. The van der Waals surface area contributed by atoms with Crippen molar-refractivity contribution in [1.29, 1.82) is 0 Å². The van der Waals surface area contributed by atoms with Crippen molar-refractivity contribution in [2.24, 2.45) is 0 Å². The third kappa shape index (κ3) is 15.4. The van der Waals surface area contributed by atoms with E-state index < -0.39 is 0 Å². The van der Waals surface area contributed by atoms with E-state index in [2.05, 4.69) is 8.86 Å². The Morgan fingerprint density at radius 1 is 1.75 bits per heavy atom. The molecule has 1 nitrogen and oxygen atoms in total. The Labute approximate surface area is 39.4 Å². The van der Waals surface area contributed by atoms with Gasteiger partial charge in [-0.3, -0.25) is 0 Å². The maximum Gasteiger partial charge on any atom is 1.00 e. The van der Waals surface area contributed by atoms with E-state index in [1.165, 1.54) is 0 Å². The molecule has 0 amide bonds. The second-order valence-electron chi connectivity index (χ2n) is 0.118. The monoisotopic (exact) mass is 68.0 g/mol. The number of hydrogen-bond donors (Lipinski definition) is 0. The van der Waals surface area contributed by atoms with Crippen LogP contribution >= 0.6 is 8.86 Å². The molecular formula is CH2LiOP. The average Bonchev–Trinajstić information content (AvgIpc) is 0.918. The normalized spacial score (nSPS) is 3.25. The summed E-state index contributed by atoms with van der Waals surface area (Å²) in [6.07, 6.45) is 0. The van der Waals surface area contributed by atoms with E-state index >= 15 is 0 Å². The fraction of sp³-hybridized carbons (Fsp3) is 0. The number of rotatable bonds is 0. The third-order valence-corrected chi connectivity index (χ3v) is 0. The van der Waals surface area contributed by atoms with Crippen molar-refractivity contribution >= 4 is 14.8 Å². The molecule has 0 aliphatic rings. The zero-order valence-electron chi connectivity index (χ0n) is 2.49. The van der Waals surface area contributed by atoms with Crippen molar-refractivity contribution in [3.63, 3.8) is 0 Å². The molecule has 0 spiro atoms. The fourth-order valence-electron chi connectivity index (χ4n) is 0. The molecule has 18 valence electrons. The Bertz CT molecular complexity index is 15.5. The Balaban J connectivity index is 0. The molecule has 0 aromatic rings. The van der Waals surface area contributed by atoms with Gasteiger partial charge in [-0.1, -0.05) is 0 Å². The van der Waals surface area contributed by atoms with E-state index in [-0.39, 0.29) is 18.9 Å². The second-order valence-corrected chi connectivity index (χ2v) is 0.354. The molecule has 0 aliphatic carbocycles. The van der Waals surface area contributed by atoms with Gasteiger partial charge in [0, 0.05) is 0 Å². The van der Waals surface area contributed by atoms with E-state index in [0.29, 0.717) is 5.98 Å². The van der Waals surface area contributed by atoms with Crippen LogP contribution in [0.3, 0.4) is 0 Å². The summed E-state index contributed by atoms with van der Waals surface area (Å²) >= 11 is 0. The zero-order chi connectivity index (χ0) is 2.71. The topological polar surface area (TPSA) is 23.1 Å². The molecule has 0 rings (SSSR count). The van der Waals surface area contributed by atoms with Gasteiger partial charge in [0.15, 0.2) is 0 Å². The SMILES string of the molecule is [Li+].[O-]C=P. The molecule has 0 atom stereocenters. The van der Waals surface area contributed by atoms with Crippen LogP contribution in [0.25, 0.3) is 0 Å². The Morgan fingerprint density at radius 2 is 1.75 bits per heavy atom. The third-order valence-electron chi connectivity index (χ3n) is 0. The van der Waals surface area contributed by atoms with Crippen molar-refractivity contribution in [2.45, 2.75) is 0 Å². The van der Waals surface area contributed by atoms with Crippen LogP contribution in [-0.2, 0) is 0 Å². The molecule has 0 saturated heterocycles. The van der Waals surface area contributed by atoms with Gasteiger partial charge in [-0.05, 0) is 0 Å². The molecule has 0 fully saturated rings. The molecule has 3 heteroatoms. The summed E-state index contributed by atoms with van der Waals surface area (Å²) in [5.41, 5.74) is 0. The first kappa shape index (κ1) is 8.83. The summed E-state index contributed by atoms with van der Waals surface area (Å²) in [5, 5.41) is 8.72. The Kier molecular flexibility index (Phi) is 20.5. The minimum Gasteiger partial charge on any atom is -0.830 e. The van der Waals surface area contributed by atoms with Crippen molar-refractivity contribution in [2.75, 3.05) is 0 Å². The summed E-state index contributed by atoms with van der Waals surface area (Å²) in [7, 11) is 2.50. The van der Waals surface area contributed by atoms with Gasteiger partial charge in [0.1, 0.15) is 0 Å². The summed E-state index contributed by atoms with van der Waals surface area (Å²) in [5.74, 6) is 0.556. The maximum atomic E-state index is 8.72. The summed E-state index contributed by atoms with van der Waals surface area (Å²) in [6.45, 7) is 0. The van der Waals surface area contributed by atoms with Gasteiger partial charge in [0.2, 0.25) is 0 Å². The summed E-state index contributed by atoms with van der Waals surface area (Å²) < 4.78 is 0. The first-order valence-electron chi connectivity index (χ1n) is 0.524. The molecule has 0 aliphatic heterocycles. The van der Waals surface area contributed by atoms with E-state index in [1.807, 2.05) is 0 Å². The molecule has 0 N–H and O–H groups in total. The van der Waals surface area contributed by atoms with E-state index in [0.717, 1.165) is 0 Å². The van der Waals surface area contributed by atoms with Crippen LogP contribution in [0.1, 0.15) is 0 Å². The average molecular weight is 67.9 g/mol. The first-order chi connectivity index (χ1) is 1.41. The van der Waals surface area contributed by atoms with Crippen molar-refractivity contribution in [3.8, 4) is 0 Å². The van der Waals surface area contributed by atoms with Crippen molar-refractivity contribution in [1.82, 2.24) is 0 Å². The van der Waals surface area contributed by atoms with Gasteiger partial charge in [-0.25, -0.2) is 0 Å². The zero-order valence-corrected chi connectivity index (χ0v) is 3.49. The van der Waals surface area contributed by atoms with E-state index in [1.54, 1.807) is 0 Å². The van der Waals surface area contributed by atoms with Gasteiger partial charge in [0.05, 0.1) is 0 Å². The molecule has 0 unspecified atom stereocenters. The van der Waals surface area contributed by atoms with Crippen LogP contribution in [0, 0.1) is 0 Å². The van der Waals surface area contributed by atoms with Crippen molar-refractivity contribution in [3.05, 3.63) is 0 Å². The van der Waals surface area contributed by atoms with Crippen LogP contribution in [0.2, 0.25) is 0 Å². The van der Waals surface area contributed by atoms with Gasteiger partial charge in [-0.2, -0.15) is 5.98 Å². The van der Waals surface area contributed by atoms with Crippen LogP contribution in [-0.4, -0.2) is 5.98 Å². The summed E-state index contributed by atoms with van der Waals surface area (Å²) in [4.78, 5) is 0. The fourth-order valence-corrected chi connectivity index (χ4v) is 0. The Hall–Kier alpha value is 0.727. The van der Waals surface area contributed by atoms with Crippen molar-refractivity contribution < 1.29 is 24.0 Å². The molecule has 0 heterocycles. The quantitative estimate of drug-likeness (QED) is 0.211. The standard InChI is InChI=1S/CH3OP.Li/c2-1-3;/h1-3H;/q;+1/p-1. The van der Waals surface area contributed by atoms with Crippen LogP contribution in [0.15, 0.2) is 0 Å². The van der Waals surface area contributed by atoms with Gasteiger partial charge >= 0.3 is 18.9 Å². The minimum atomic E-state index is 0. The molecule has 4 heavy (non-hydrogen) atoms. The first-order valence-corrected chi connectivity index (χ1v) is 1.10. The minimum absolute atomic E-state index is 0. The maximum absolute atomic E-state index is 8.72. The predicted octanol–water partition coefficient (Wildman–Crippen LogP) is -3.75. The van der Waals surface area contributed by atoms with Gasteiger partial charge < -0.3 is 5.11 Å². The molecule has 0 aromatic carbocycles.